The van der Waals surface area contributed by atoms with Crippen LogP contribution in [-0.2, 0) is 13.7 Å². The number of hydrogen-bond donors (Lipinski definition) is 1. The van der Waals surface area contributed by atoms with E-state index in [9.17, 15) is 35.5 Å². The maximum Gasteiger partial charge on any atom is 0.421 e. The normalized spacial score (nSPS) is 14.4. The molecule has 0 saturated carbocycles. The van der Waals surface area contributed by atoms with E-state index in [-0.39, 0.29) is 14.7 Å². The highest BCUT2D eigenvalue weighted by Crippen LogP contribution is 2.70. The van der Waals surface area contributed by atoms with Gasteiger partial charge in [0.25, 0.3) is 0 Å². The molecular formula is C22H19F5O5S2. The predicted molar refractivity (Wildman–Crippen MR) is 115 cm³/mol. The number of alkyl halides is 5. The second-order valence-corrected chi connectivity index (χ2v) is 11.4. The molecule has 0 radical (unpaired) electrons. The Labute approximate surface area is 194 Å². The summed E-state index contributed by atoms with van der Waals surface area (Å²) in [6, 6.07) is 20.5. The molecular weight excluding hydrogens is 503 g/mol. The second-order valence-electron chi connectivity index (χ2n) is 6.89. The van der Waals surface area contributed by atoms with E-state index in [0.717, 1.165) is 0 Å². The Bertz CT molecular complexity index is 1160. The molecule has 0 bridgehead atoms. The van der Waals surface area contributed by atoms with Crippen LogP contribution in [0.25, 0.3) is 0 Å². The van der Waals surface area contributed by atoms with Gasteiger partial charge in [0.05, 0.1) is 7.11 Å². The van der Waals surface area contributed by atoms with Gasteiger partial charge < -0.3 is 9.84 Å². The van der Waals surface area contributed by atoms with E-state index in [0.29, 0.717) is 5.75 Å². The lowest BCUT2D eigenvalue weighted by Gasteiger charge is -2.40. The Morgan fingerprint density at radius 3 is 1.53 bits per heavy atom. The first-order chi connectivity index (χ1) is 15.9. The Morgan fingerprint density at radius 2 is 1.15 bits per heavy atom. The van der Waals surface area contributed by atoms with Gasteiger partial charge in [0.2, 0.25) is 6.10 Å². The third-order valence-corrected chi connectivity index (χ3v) is 9.93. The largest absolute Gasteiger partial charge is 0.497 e. The van der Waals surface area contributed by atoms with Gasteiger partial charge in [0.15, 0.2) is 0 Å². The third-order valence-electron chi connectivity index (χ3n) is 4.69. The summed E-state index contributed by atoms with van der Waals surface area (Å²) in [7, 11) is -8.56. The van der Waals surface area contributed by atoms with Gasteiger partial charge in [-0.05, 0) is 58.8 Å². The Morgan fingerprint density at radius 1 is 0.735 bits per heavy atom. The summed E-state index contributed by atoms with van der Waals surface area (Å²) in [4.78, 5) is 0.325. The van der Waals surface area contributed by atoms with E-state index >= 15 is 0 Å². The van der Waals surface area contributed by atoms with Crippen molar-refractivity contribution in [1.29, 1.82) is 0 Å². The van der Waals surface area contributed by atoms with Crippen molar-refractivity contribution in [2.24, 2.45) is 0 Å². The lowest BCUT2D eigenvalue weighted by Crippen LogP contribution is -2.50. The topological polar surface area (TPSA) is 72.8 Å². The van der Waals surface area contributed by atoms with Crippen molar-refractivity contribution in [3.05, 3.63) is 84.9 Å². The van der Waals surface area contributed by atoms with Gasteiger partial charge in [-0.25, -0.2) is 3.63 Å². The third kappa shape index (κ3) is 4.76. The van der Waals surface area contributed by atoms with Crippen LogP contribution in [0.15, 0.2) is 99.6 Å². The monoisotopic (exact) mass is 522 g/mol. The van der Waals surface area contributed by atoms with Gasteiger partial charge >= 0.3 is 21.5 Å². The summed E-state index contributed by atoms with van der Waals surface area (Å²) in [5.41, 5.74) is 0. The minimum Gasteiger partial charge on any atom is -0.497 e. The van der Waals surface area contributed by atoms with Crippen LogP contribution >= 0.6 is 10.3 Å². The number of methoxy groups -OCH3 is 1. The molecule has 0 heterocycles. The van der Waals surface area contributed by atoms with Gasteiger partial charge in [0.1, 0.15) is 5.75 Å². The number of rotatable bonds is 8. The highest BCUT2D eigenvalue weighted by molar-refractivity contribution is 8.33. The average molecular weight is 523 g/mol. The Balaban J connectivity index is 2.33. The van der Waals surface area contributed by atoms with E-state index in [1.54, 1.807) is 12.1 Å². The molecule has 0 aliphatic carbocycles. The number of halogens is 5. The first-order valence-electron chi connectivity index (χ1n) is 9.52. The summed E-state index contributed by atoms with van der Waals surface area (Å²) in [5.74, 6) is 0.360. The molecule has 0 fully saturated rings. The van der Waals surface area contributed by atoms with Crippen LogP contribution in [0.5, 0.6) is 5.75 Å². The molecule has 184 valence electrons. The molecule has 3 aromatic rings. The maximum atomic E-state index is 14.6. The predicted octanol–water partition coefficient (Wildman–Crippen LogP) is 5.75. The second kappa shape index (κ2) is 9.53. The highest BCUT2D eigenvalue weighted by Gasteiger charge is 2.65. The van der Waals surface area contributed by atoms with Crippen molar-refractivity contribution >= 4 is 20.4 Å². The zero-order chi connectivity index (χ0) is 25.2. The molecule has 0 saturated heterocycles. The first-order valence-corrected chi connectivity index (χ1v) is 12.5. The number of aliphatic hydroxyl groups excluding tert-OH is 1. The average Bonchev–Trinajstić information content (AvgIpc) is 2.82. The van der Waals surface area contributed by atoms with Crippen molar-refractivity contribution in [3.63, 3.8) is 0 Å². The van der Waals surface area contributed by atoms with Crippen LogP contribution in [0, 0.1) is 0 Å². The van der Waals surface area contributed by atoms with Gasteiger partial charge in [-0.3, -0.25) is 0 Å². The number of hydrogen-bond acceptors (Lipinski definition) is 5. The molecule has 3 rings (SSSR count). The molecule has 3 aromatic carbocycles. The summed E-state index contributed by atoms with van der Waals surface area (Å²) >= 11 is 0. The zero-order valence-electron chi connectivity index (χ0n) is 17.4. The summed E-state index contributed by atoms with van der Waals surface area (Å²) in [5, 5.41) is 3.49. The lowest BCUT2D eigenvalue weighted by atomic mass is 10.3. The minimum absolute atomic E-state index is 0.0894. The summed E-state index contributed by atoms with van der Waals surface area (Å²) < 4.78 is 104. The molecule has 34 heavy (non-hydrogen) atoms. The van der Waals surface area contributed by atoms with Crippen molar-refractivity contribution in [2.75, 3.05) is 7.11 Å². The highest BCUT2D eigenvalue weighted by atomic mass is 32.3. The smallest absolute Gasteiger partial charge is 0.421 e. The number of aliphatic hydroxyl groups is 1. The lowest BCUT2D eigenvalue weighted by molar-refractivity contribution is -0.248. The fourth-order valence-electron chi connectivity index (χ4n) is 3.02. The summed E-state index contributed by atoms with van der Waals surface area (Å²) in [6.45, 7) is 0. The fourth-order valence-corrected chi connectivity index (χ4v) is 8.23. The molecule has 0 aromatic heterocycles. The van der Waals surface area contributed by atoms with Gasteiger partial charge in [-0.1, -0.05) is 36.4 Å². The quantitative estimate of drug-likeness (QED) is 0.381. The molecule has 1 unspecified atom stereocenters. The molecule has 1 N–H and O–H groups in total. The van der Waals surface area contributed by atoms with Crippen molar-refractivity contribution in [2.45, 2.75) is 32.2 Å². The van der Waals surface area contributed by atoms with E-state index in [1.807, 2.05) is 0 Å². The van der Waals surface area contributed by atoms with Crippen molar-refractivity contribution in [1.82, 2.24) is 0 Å². The van der Waals surface area contributed by atoms with Crippen LogP contribution in [0.2, 0.25) is 0 Å². The van der Waals surface area contributed by atoms with E-state index in [1.165, 1.54) is 79.9 Å². The molecule has 0 amide bonds. The fraction of sp³-hybridized carbons (Fsp3) is 0.182. The van der Waals surface area contributed by atoms with E-state index in [2.05, 4.69) is 0 Å². The molecule has 5 nitrogen and oxygen atoms in total. The van der Waals surface area contributed by atoms with E-state index < -0.39 is 38.0 Å². The standard InChI is InChI=1S/C22H19F5O5S2/c1-31-16-12-14-19(15-13-16)33(17-8-4-2-5-9-17,18-10-6-3-7-11-18)32-34(29,30)22(26,27)20(28)21(23,24)25/h2-15,20,28H,1H3. The zero-order valence-corrected chi connectivity index (χ0v) is 19.1. The Hall–Kier alpha value is -2.67. The molecule has 0 aliphatic heterocycles. The van der Waals surface area contributed by atoms with Crippen LogP contribution in [0.3, 0.4) is 0 Å². The van der Waals surface area contributed by atoms with Crippen molar-refractivity contribution < 1.29 is 43.8 Å². The van der Waals surface area contributed by atoms with Crippen LogP contribution in [0.1, 0.15) is 0 Å². The van der Waals surface area contributed by atoms with E-state index in [4.69, 9.17) is 8.37 Å². The molecule has 0 spiro atoms. The SMILES string of the molecule is COc1ccc(S(OS(=O)(=O)C(F)(F)C(O)C(F)(F)F)(c2ccccc2)c2ccccc2)cc1. The Kier molecular flexibility index (Phi) is 7.27. The first kappa shape index (κ1) is 25.9. The number of ether oxygens (including phenoxy) is 1. The summed E-state index contributed by atoms with van der Waals surface area (Å²) in [6.07, 6.45) is -10.4. The molecule has 1 atom stereocenters. The van der Waals surface area contributed by atoms with Crippen LogP contribution < -0.4 is 4.74 Å². The van der Waals surface area contributed by atoms with Crippen LogP contribution in [0.4, 0.5) is 22.0 Å². The van der Waals surface area contributed by atoms with Crippen LogP contribution in [-0.4, -0.2) is 38.2 Å². The minimum atomic E-state index is -6.36. The molecule has 0 aliphatic rings. The van der Waals surface area contributed by atoms with Gasteiger partial charge in [0, 0.05) is 14.7 Å². The number of benzene rings is 3. The maximum absolute atomic E-state index is 14.6. The molecule has 12 heteroatoms. The van der Waals surface area contributed by atoms with Gasteiger partial charge in [-0.2, -0.15) is 30.4 Å². The van der Waals surface area contributed by atoms with Crippen molar-refractivity contribution in [3.8, 4) is 5.75 Å². The van der Waals surface area contributed by atoms with Gasteiger partial charge in [-0.15, -0.1) is 0 Å².